The number of carbonyl (C=O) groups excluding carboxylic acids is 1. The van der Waals surface area contributed by atoms with Crippen LogP contribution in [0.25, 0.3) is 0 Å². The van der Waals surface area contributed by atoms with Crippen LogP contribution in [0.15, 0.2) is 17.0 Å². The van der Waals surface area contributed by atoms with E-state index in [4.69, 9.17) is 5.11 Å². The van der Waals surface area contributed by atoms with E-state index in [0.29, 0.717) is 0 Å². The number of sulfone groups is 1. The van der Waals surface area contributed by atoms with E-state index in [0.717, 1.165) is 17.0 Å². The Labute approximate surface area is 122 Å². The Morgan fingerprint density at radius 1 is 1.29 bits per heavy atom. The third-order valence-electron chi connectivity index (χ3n) is 3.04. The fraction of sp³-hybridized carbons (Fsp3) is 0.385. The summed E-state index contributed by atoms with van der Waals surface area (Å²) in [5.74, 6) is -3.21. The quantitative estimate of drug-likeness (QED) is 0.839. The molecule has 21 heavy (non-hydrogen) atoms. The third-order valence-corrected chi connectivity index (χ3v) is 5.07. The smallest absolute Gasteiger partial charge is 0.338 e. The number of hydrogen-bond donors (Lipinski definition) is 1. The van der Waals surface area contributed by atoms with Crippen molar-refractivity contribution >= 4 is 21.7 Å². The average Bonchev–Trinajstić information content (AvgIpc) is 2.39. The molecule has 1 unspecified atom stereocenters. The van der Waals surface area contributed by atoms with Gasteiger partial charge in [-0.25, -0.2) is 17.6 Å². The third kappa shape index (κ3) is 3.21. The van der Waals surface area contributed by atoms with Gasteiger partial charge in [-0.1, -0.05) is 0 Å². The van der Waals surface area contributed by atoms with Crippen molar-refractivity contribution in [1.29, 1.82) is 0 Å². The number of halogens is 1. The summed E-state index contributed by atoms with van der Waals surface area (Å²) in [4.78, 5) is 23.5. The van der Waals surface area contributed by atoms with Crippen LogP contribution in [0.1, 0.15) is 22.8 Å². The van der Waals surface area contributed by atoms with Gasteiger partial charge in [0.1, 0.15) is 11.1 Å². The topological polar surface area (TPSA) is 91.8 Å². The molecule has 0 bridgehead atoms. The minimum Gasteiger partial charge on any atom is -0.478 e. The van der Waals surface area contributed by atoms with E-state index >= 15 is 0 Å². The first-order valence-electron chi connectivity index (χ1n) is 5.98. The van der Waals surface area contributed by atoms with Gasteiger partial charge in [-0.3, -0.25) is 4.79 Å². The molecule has 1 aromatic rings. The summed E-state index contributed by atoms with van der Waals surface area (Å²) in [7, 11) is -1.28. The van der Waals surface area contributed by atoms with Crippen LogP contribution in [-0.2, 0) is 14.6 Å². The molecule has 6 nitrogen and oxygen atoms in total. The highest BCUT2D eigenvalue weighted by atomic mass is 32.2. The summed E-state index contributed by atoms with van der Waals surface area (Å²) in [5, 5.41) is 7.52. The summed E-state index contributed by atoms with van der Waals surface area (Å²) in [6, 6.07) is 1.76. The standard InChI is InChI=1S/C13H16FNO5S/c1-7-5-9(6-10(11(7)14)13(17)18)21(19,20)8(2)12(16)15(3)4/h5-6,8H,1-4H3,(H,17,18). The van der Waals surface area contributed by atoms with Crippen molar-refractivity contribution in [3.05, 3.63) is 29.1 Å². The molecule has 8 heteroatoms. The van der Waals surface area contributed by atoms with Crippen LogP contribution >= 0.6 is 0 Å². The van der Waals surface area contributed by atoms with Gasteiger partial charge < -0.3 is 10.0 Å². The second-order valence-corrected chi connectivity index (χ2v) is 7.10. The second-order valence-electron chi connectivity index (χ2n) is 4.83. The van der Waals surface area contributed by atoms with Crippen LogP contribution in [0.2, 0.25) is 0 Å². The molecular formula is C13H16FNO5S. The number of aryl methyl sites for hydroxylation is 1. The molecule has 0 aromatic heterocycles. The Morgan fingerprint density at radius 2 is 1.81 bits per heavy atom. The van der Waals surface area contributed by atoms with Crippen LogP contribution in [0.3, 0.4) is 0 Å². The molecule has 0 aliphatic rings. The number of carbonyl (C=O) groups is 2. The predicted octanol–water partition coefficient (Wildman–Crippen LogP) is 1.08. The van der Waals surface area contributed by atoms with E-state index in [9.17, 15) is 22.4 Å². The van der Waals surface area contributed by atoms with Crippen LogP contribution in [-0.4, -0.2) is 49.6 Å². The highest BCUT2D eigenvalue weighted by molar-refractivity contribution is 7.92. The molecule has 0 saturated carbocycles. The van der Waals surface area contributed by atoms with Gasteiger partial charge in [-0.05, 0) is 31.5 Å². The van der Waals surface area contributed by atoms with Crippen molar-refractivity contribution in [1.82, 2.24) is 4.90 Å². The van der Waals surface area contributed by atoms with E-state index in [1.807, 2.05) is 0 Å². The SMILES string of the molecule is Cc1cc(S(=O)(=O)C(C)C(=O)N(C)C)cc(C(=O)O)c1F. The average molecular weight is 317 g/mol. The van der Waals surface area contributed by atoms with Crippen LogP contribution < -0.4 is 0 Å². The number of carboxylic acid groups (broad SMARTS) is 1. The molecule has 116 valence electrons. The van der Waals surface area contributed by atoms with Gasteiger partial charge in [-0.2, -0.15) is 0 Å². The van der Waals surface area contributed by atoms with Gasteiger partial charge in [0.2, 0.25) is 5.91 Å². The first-order chi connectivity index (χ1) is 9.50. The maximum atomic E-state index is 13.7. The molecular weight excluding hydrogens is 301 g/mol. The normalized spacial score (nSPS) is 12.8. The highest BCUT2D eigenvalue weighted by Gasteiger charge is 2.32. The summed E-state index contributed by atoms with van der Waals surface area (Å²) in [6.07, 6.45) is 0. The van der Waals surface area contributed by atoms with Crippen molar-refractivity contribution in [3.63, 3.8) is 0 Å². The summed E-state index contributed by atoms with van der Waals surface area (Å²) in [6.45, 7) is 2.47. The van der Waals surface area contributed by atoms with Gasteiger partial charge in [-0.15, -0.1) is 0 Å². The van der Waals surface area contributed by atoms with Gasteiger partial charge in [0.25, 0.3) is 0 Å². The molecule has 1 amide bonds. The first kappa shape index (κ1) is 17.1. The van der Waals surface area contributed by atoms with Crippen molar-refractivity contribution in [3.8, 4) is 0 Å². The maximum absolute atomic E-state index is 13.7. The monoisotopic (exact) mass is 317 g/mol. The molecule has 1 rings (SSSR count). The summed E-state index contributed by atoms with van der Waals surface area (Å²) in [5.41, 5.74) is -0.851. The van der Waals surface area contributed by atoms with Gasteiger partial charge in [0.05, 0.1) is 10.5 Å². The summed E-state index contributed by atoms with van der Waals surface area (Å²) >= 11 is 0. The van der Waals surface area contributed by atoms with Crippen molar-refractivity contribution in [2.45, 2.75) is 24.0 Å². The van der Waals surface area contributed by atoms with E-state index < -0.39 is 38.3 Å². The molecule has 1 atom stereocenters. The maximum Gasteiger partial charge on any atom is 0.338 e. The number of benzene rings is 1. The fourth-order valence-corrected chi connectivity index (χ4v) is 3.26. The molecule has 0 fully saturated rings. The highest BCUT2D eigenvalue weighted by Crippen LogP contribution is 2.23. The molecule has 1 N–H and O–H groups in total. The van der Waals surface area contributed by atoms with E-state index in [1.54, 1.807) is 0 Å². The van der Waals surface area contributed by atoms with Crippen LogP contribution in [0, 0.1) is 12.7 Å². The minimum absolute atomic E-state index is 0.113. The number of aromatic carboxylic acids is 1. The Kier molecular flexibility index (Phi) is 4.72. The van der Waals surface area contributed by atoms with Gasteiger partial charge in [0.15, 0.2) is 9.84 Å². The zero-order chi connectivity index (χ0) is 16.5. The Morgan fingerprint density at radius 3 is 2.24 bits per heavy atom. The Bertz CT molecular complexity index is 697. The van der Waals surface area contributed by atoms with Gasteiger partial charge >= 0.3 is 5.97 Å². The zero-order valence-electron chi connectivity index (χ0n) is 12.0. The fourth-order valence-electron chi connectivity index (χ4n) is 1.76. The lowest BCUT2D eigenvalue weighted by Gasteiger charge is -2.18. The molecule has 0 heterocycles. The minimum atomic E-state index is -4.10. The largest absolute Gasteiger partial charge is 0.478 e. The number of nitrogens with zero attached hydrogens (tertiary/aromatic N) is 1. The van der Waals surface area contributed by atoms with E-state index in [2.05, 4.69) is 0 Å². The number of hydrogen-bond acceptors (Lipinski definition) is 4. The van der Waals surface area contributed by atoms with Gasteiger partial charge in [0, 0.05) is 14.1 Å². The molecule has 0 radical (unpaired) electrons. The molecule has 1 aromatic carbocycles. The number of amides is 1. The lowest BCUT2D eigenvalue weighted by molar-refractivity contribution is -0.127. The van der Waals surface area contributed by atoms with Crippen molar-refractivity contribution in [2.24, 2.45) is 0 Å². The van der Waals surface area contributed by atoms with Crippen LogP contribution in [0.5, 0.6) is 0 Å². The Balaban J connectivity index is 3.46. The zero-order valence-corrected chi connectivity index (χ0v) is 12.9. The molecule has 0 spiro atoms. The van der Waals surface area contributed by atoms with Crippen LogP contribution in [0.4, 0.5) is 4.39 Å². The first-order valence-corrected chi connectivity index (χ1v) is 7.53. The van der Waals surface area contributed by atoms with Crippen molar-refractivity contribution < 1.29 is 27.5 Å². The lowest BCUT2D eigenvalue weighted by Crippen LogP contribution is -2.37. The predicted molar refractivity (Wildman–Crippen MR) is 73.4 cm³/mol. The second kappa shape index (κ2) is 5.80. The number of rotatable bonds is 4. The van der Waals surface area contributed by atoms with E-state index in [1.165, 1.54) is 27.9 Å². The molecule has 0 aliphatic carbocycles. The number of carboxylic acids is 1. The lowest BCUT2D eigenvalue weighted by atomic mass is 10.1. The van der Waals surface area contributed by atoms with E-state index in [-0.39, 0.29) is 10.5 Å². The molecule has 0 saturated heterocycles. The van der Waals surface area contributed by atoms with Crippen molar-refractivity contribution in [2.75, 3.05) is 14.1 Å². The molecule has 0 aliphatic heterocycles. The summed E-state index contributed by atoms with van der Waals surface area (Å²) < 4.78 is 38.4. The Hall–Kier alpha value is -1.96.